The molecule has 0 unspecified atom stereocenters. The minimum atomic E-state index is -1.67. The number of nitrogens with two attached hydrogens (primary N) is 6. The van der Waals surface area contributed by atoms with E-state index in [0.717, 1.165) is 45.4 Å². The van der Waals surface area contributed by atoms with Gasteiger partial charge in [0, 0.05) is 81.7 Å². The number of carbonyl (C=O) groups excluding carboxylic acids is 14. The summed E-state index contributed by atoms with van der Waals surface area (Å²) >= 11 is 1.53. The highest BCUT2D eigenvalue weighted by atomic mass is 32.2. The summed E-state index contributed by atoms with van der Waals surface area (Å²) in [6.45, 7) is 21.5. The van der Waals surface area contributed by atoms with Gasteiger partial charge in [-0.15, -0.1) is 0 Å². The fourth-order valence-corrected chi connectivity index (χ4v) is 14.2. The lowest BCUT2D eigenvalue weighted by Gasteiger charge is -2.28. The first-order valence-corrected chi connectivity index (χ1v) is 45.5. The third kappa shape index (κ3) is 52.0. The molecule has 121 heavy (non-hydrogen) atoms. The van der Waals surface area contributed by atoms with Crippen molar-refractivity contribution in [1.29, 1.82) is 0 Å². The van der Waals surface area contributed by atoms with Crippen LogP contribution in [-0.2, 0) is 67.1 Å². The number of aliphatic imine (C=N–C) groups is 2. The molecule has 0 aliphatic carbocycles. The average molecular weight is 1740 g/mol. The van der Waals surface area contributed by atoms with E-state index in [1.54, 1.807) is 13.8 Å². The van der Waals surface area contributed by atoms with Gasteiger partial charge >= 0.3 is 0 Å². The number of aliphatic hydroxyl groups excluding tert-OH is 5. The van der Waals surface area contributed by atoms with E-state index >= 15 is 0 Å². The zero-order valence-electron chi connectivity index (χ0n) is 75.4. The fraction of sp³-hybridized carbons (Fsp3) is 0.814. The minimum Gasteiger partial charge on any atom is -0.396 e. The molecule has 8 amide bonds. The first-order valence-electron chi connectivity index (χ1n) is 44.2. The summed E-state index contributed by atoms with van der Waals surface area (Å²) < 4.78 is 0. The molecular formula is C86H159N15O19S. The summed E-state index contributed by atoms with van der Waals surface area (Å²) in [6.07, 6.45) is 16.8. The molecule has 0 bridgehead atoms. The second-order valence-electron chi connectivity index (χ2n) is 33.5. The van der Waals surface area contributed by atoms with Crippen molar-refractivity contribution in [2.45, 2.75) is 350 Å². The molecule has 0 rings (SSSR count). The number of ketones is 6. The van der Waals surface area contributed by atoms with Crippen LogP contribution in [0.2, 0.25) is 0 Å². The average Bonchev–Trinajstić information content (AvgIpc) is 0.853. The Morgan fingerprint density at radius 1 is 0.388 bits per heavy atom. The standard InChI is InChI=1S/C47H88N6O7S.C39H71N9O12/c1-9-12-13-14-15-16-17-18-19-20-21-22-23-26-43(58)51-38(25-24-28-50-47(48)49)42(57)32-37(34(6)10-2)46(60)52-39(30-33(4)5)41(56)31-36(27-29-61-8)45(59)53-44(35(7)54)40(55)11-3;1-20(2)14-28(46-35(57)21(3)10-7-8-12-40)31(54)15-25(11-9-13-44-39(42)43)36(58)45-22(4)30(53)16-26(18-49)37(59)48-33(24(6)52)32(55)17-27(23(5)51)38(60)47-29(19-50)34(41)56/h33-39,44,54H,9-32H2,1-8H3,(H,51,58)(H,52,60)(H,53,59)(H4,48,49,50);20-29,33,49-52H,7-19,40H2,1-6H3,(H2,41,56)(H,45,58)(H,46,57)(H,47,60)(H,48,59)(H4,42,43,44)/t34-,35+,36+,37-,38-,39-,44-;21-,22-,23+,24+,25+,26-,27-,28-,29-,33-/m00/s1. The number of guanidine groups is 2. The van der Waals surface area contributed by atoms with Gasteiger partial charge in [-0.1, -0.05) is 152 Å². The maximum absolute atomic E-state index is 14.1. The molecule has 34 nitrogen and oxygen atoms in total. The Balaban J connectivity index is 0. The number of nitrogens with zero attached hydrogens (tertiary/aromatic N) is 2. The highest BCUT2D eigenvalue weighted by Crippen LogP contribution is 2.26. The van der Waals surface area contributed by atoms with Crippen LogP contribution in [0.25, 0.3) is 0 Å². The molecule has 17 atom stereocenters. The maximum atomic E-state index is 14.1. The van der Waals surface area contributed by atoms with Crippen molar-refractivity contribution in [3.63, 3.8) is 0 Å². The van der Waals surface area contributed by atoms with Crippen LogP contribution >= 0.6 is 11.8 Å². The number of primary amides is 1. The van der Waals surface area contributed by atoms with Crippen LogP contribution in [0.4, 0.5) is 0 Å². The molecule has 0 aliphatic heterocycles. The van der Waals surface area contributed by atoms with E-state index in [-0.39, 0.29) is 109 Å². The smallest absolute Gasteiger partial charge is 0.242 e. The van der Waals surface area contributed by atoms with Gasteiger partial charge in [-0.25, -0.2) is 0 Å². The van der Waals surface area contributed by atoms with E-state index < -0.39 is 163 Å². The number of carbonyl (C=O) groups is 14. The zero-order chi connectivity index (χ0) is 92.4. The lowest BCUT2D eigenvalue weighted by atomic mass is 9.84. The van der Waals surface area contributed by atoms with Crippen LogP contribution in [0.3, 0.4) is 0 Å². The molecule has 0 aromatic carbocycles. The second-order valence-corrected chi connectivity index (χ2v) is 34.5. The predicted molar refractivity (Wildman–Crippen MR) is 472 cm³/mol. The van der Waals surface area contributed by atoms with Crippen LogP contribution in [-0.4, -0.2) is 225 Å². The van der Waals surface area contributed by atoms with Gasteiger partial charge in [-0.2, -0.15) is 11.8 Å². The molecule has 0 heterocycles. The Kier molecular flexibility index (Phi) is 63.9. The molecule has 0 fully saturated rings. The molecule has 35 heteroatoms. The van der Waals surface area contributed by atoms with Crippen molar-refractivity contribution in [3.8, 4) is 0 Å². The second kappa shape index (κ2) is 66.9. The van der Waals surface area contributed by atoms with E-state index in [1.165, 1.54) is 90.3 Å². The van der Waals surface area contributed by atoms with Gasteiger partial charge in [0.1, 0.15) is 18.1 Å². The lowest BCUT2D eigenvalue weighted by Crippen LogP contribution is -2.53. The van der Waals surface area contributed by atoms with Gasteiger partial charge in [-0.05, 0) is 128 Å². The number of nitrogens with one attached hydrogen (secondary N) is 7. The Labute approximate surface area is 724 Å². The number of rotatable bonds is 71. The molecule has 0 radical (unpaired) electrons. The maximum Gasteiger partial charge on any atom is 0.242 e. The Morgan fingerprint density at radius 2 is 0.818 bits per heavy atom. The number of amides is 8. The third-order valence-electron chi connectivity index (χ3n) is 21.6. The predicted octanol–water partition coefficient (Wildman–Crippen LogP) is 4.10. The molecule has 698 valence electrons. The van der Waals surface area contributed by atoms with Crippen molar-refractivity contribution in [3.05, 3.63) is 0 Å². The number of Topliss-reactive ketones (excluding diaryl/α,β-unsaturated/α-hetero) is 6. The van der Waals surface area contributed by atoms with Gasteiger partial charge in [0.25, 0.3) is 0 Å². The normalized spacial score (nSPS) is 15.6. The lowest BCUT2D eigenvalue weighted by molar-refractivity contribution is -0.139. The van der Waals surface area contributed by atoms with Crippen LogP contribution < -0.4 is 71.6 Å². The number of thioether (sulfide) groups is 1. The Hall–Kier alpha value is -7.57. The van der Waals surface area contributed by atoms with E-state index in [9.17, 15) is 92.7 Å². The van der Waals surface area contributed by atoms with Crippen molar-refractivity contribution >= 4 is 106 Å². The van der Waals surface area contributed by atoms with Crippen molar-refractivity contribution in [2.24, 2.45) is 97.6 Å². The van der Waals surface area contributed by atoms with Gasteiger partial charge < -0.3 is 97.2 Å². The highest BCUT2D eigenvalue weighted by Gasteiger charge is 2.39. The number of hydrogen-bond acceptors (Lipinski definition) is 23. The molecule has 0 aromatic rings. The summed E-state index contributed by atoms with van der Waals surface area (Å²) in [7, 11) is 0. The van der Waals surface area contributed by atoms with Gasteiger partial charge in [0.2, 0.25) is 47.3 Å². The summed E-state index contributed by atoms with van der Waals surface area (Å²) in [5, 5.41) is 68.5. The van der Waals surface area contributed by atoms with Crippen molar-refractivity contribution in [2.75, 3.05) is 44.9 Å². The largest absolute Gasteiger partial charge is 0.396 e. The van der Waals surface area contributed by atoms with Gasteiger partial charge in [-0.3, -0.25) is 77.1 Å². The molecule has 0 spiro atoms. The fourth-order valence-electron chi connectivity index (χ4n) is 13.7. The Morgan fingerprint density at radius 3 is 1.26 bits per heavy atom. The van der Waals surface area contributed by atoms with Crippen molar-refractivity contribution < 1.29 is 92.7 Å². The van der Waals surface area contributed by atoms with E-state index in [0.29, 0.717) is 76.6 Å². The van der Waals surface area contributed by atoms with E-state index in [1.807, 2.05) is 47.8 Å². The monoisotopic (exact) mass is 1740 g/mol. The first kappa shape index (κ1) is 115. The topological polar surface area (TPSA) is 605 Å². The highest BCUT2D eigenvalue weighted by molar-refractivity contribution is 7.98. The van der Waals surface area contributed by atoms with Crippen molar-refractivity contribution in [1.82, 2.24) is 37.2 Å². The molecule has 0 saturated heterocycles. The minimum absolute atomic E-state index is 0.0203. The molecule has 0 aliphatic rings. The Bertz CT molecular complexity index is 3150. The van der Waals surface area contributed by atoms with Crippen LogP contribution in [0, 0.1) is 53.3 Å². The number of unbranched alkanes of at least 4 members (excludes halogenated alkanes) is 13. The third-order valence-corrected chi connectivity index (χ3v) is 22.3. The summed E-state index contributed by atoms with van der Waals surface area (Å²) in [4.78, 5) is 194. The summed E-state index contributed by atoms with van der Waals surface area (Å²) in [6, 6.07) is -8.08. The molecule has 24 N–H and O–H groups in total. The number of hydrogen-bond donors (Lipinski definition) is 18. The first-order chi connectivity index (χ1) is 57.0. The summed E-state index contributed by atoms with van der Waals surface area (Å²) in [5.41, 5.74) is 32.6. The molecule has 0 aromatic heterocycles. The quantitative estimate of drug-likeness (QED) is 0.0231. The van der Waals surface area contributed by atoms with E-state index in [4.69, 9.17) is 34.4 Å². The van der Waals surface area contributed by atoms with E-state index in [2.05, 4.69) is 54.1 Å². The van der Waals surface area contributed by atoms with Gasteiger partial charge in [0.05, 0.1) is 67.5 Å². The van der Waals surface area contributed by atoms with Crippen LogP contribution in [0.1, 0.15) is 289 Å². The molecular weight excluding hydrogens is 1580 g/mol. The number of aliphatic hydroxyl groups is 5. The SMILES string of the molecule is CC(C)C[C@H](NC(=O)[C@@H](C)CCCCN)C(=O)C[C@@H](CCCN=C(N)N)C(=O)N[C@@H](C)C(=O)C[C@@H](CO)C(=O)N[C@H](C(=O)C[C@H](C(=O)N[C@@H](CO)C(N)=O)[C@@H](C)O)[C@@H](C)O.CCCCCCCCCCCCCCCC(=O)N[C@@H](CCCN=C(N)N)C(=O)C[C@H](C(=O)N[C@@H](CC(C)C)C(=O)C[C@@H](CCSC)C(=O)N[C@H](C(=O)CC)[C@@H](C)O)[C@@H](C)CC. The van der Waals surface area contributed by atoms with Gasteiger partial charge in [0.15, 0.2) is 46.6 Å². The van der Waals surface area contributed by atoms with Crippen LogP contribution in [0.5, 0.6) is 0 Å². The zero-order valence-corrected chi connectivity index (χ0v) is 76.2. The molecule has 0 saturated carbocycles. The van der Waals surface area contributed by atoms with Crippen LogP contribution in [0.15, 0.2) is 9.98 Å². The summed E-state index contributed by atoms with van der Waals surface area (Å²) in [5.74, 6) is -13.7.